The number of hydrogen-bond donors (Lipinski definition) is 2. The molecule has 0 aromatic heterocycles. The van der Waals surface area contributed by atoms with Crippen LogP contribution in [0.5, 0.6) is 17.2 Å². The number of ether oxygens (including phenoxy) is 3. The van der Waals surface area contributed by atoms with E-state index < -0.39 is 6.04 Å². The minimum Gasteiger partial charge on any atom is -0.493 e. The summed E-state index contributed by atoms with van der Waals surface area (Å²) in [7, 11) is 4.61. The van der Waals surface area contributed by atoms with Crippen molar-refractivity contribution in [2.45, 2.75) is 33.4 Å². The molecule has 7 nitrogen and oxygen atoms in total. The SMILES string of the molecule is COc1cc(CNC(=O)[C@@H](NC(=O)c2cccc(C)c2)C(C)C)cc(OC)c1OC. The Morgan fingerprint density at radius 1 is 0.967 bits per heavy atom. The molecule has 0 bridgehead atoms. The molecular formula is C23H30N2O5. The maximum atomic E-state index is 12.8. The van der Waals surface area contributed by atoms with Crippen molar-refractivity contribution in [2.24, 2.45) is 5.92 Å². The molecule has 0 aliphatic rings. The normalized spacial score (nSPS) is 11.6. The predicted octanol–water partition coefficient (Wildman–Crippen LogP) is 3.09. The van der Waals surface area contributed by atoms with Crippen LogP contribution < -0.4 is 24.8 Å². The number of aryl methyl sites for hydroxylation is 1. The molecule has 0 saturated heterocycles. The predicted molar refractivity (Wildman–Crippen MR) is 115 cm³/mol. The van der Waals surface area contributed by atoms with E-state index >= 15 is 0 Å². The second kappa shape index (κ2) is 10.5. The summed E-state index contributed by atoms with van der Waals surface area (Å²) < 4.78 is 16.0. The average molecular weight is 415 g/mol. The third-order valence-electron chi connectivity index (χ3n) is 4.71. The first-order valence-corrected chi connectivity index (χ1v) is 9.74. The van der Waals surface area contributed by atoms with Crippen LogP contribution in [0, 0.1) is 12.8 Å². The van der Waals surface area contributed by atoms with Gasteiger partial charge in [0, 0.05) is 12.1 Å². The fourth-order valence-electron chi connectivity index (χ4n) is 3.08. The molecule has 0 aliphatic carbocycles. The van der Waals surface area contributed by atoms with Crippen molar-refractivity contribution in [1.82, 2.24) is 10.6 Å². The van der Waals surface area contributed by atoms with Crippen molar-refractivity contribution in [1.29, 1.82) is 0 Å². The number of hydrogen-bond acceptors (Lipinski definition) is 5. The van der Waals surface area contributed by atoms with Crippen LogP contribution in [-0.2, 0) is 11.3 Å². The van der Waals surface area contributed by atoms with Crippen molar-refractivity contribution < 1.29 is 23.8 Å². The van der Waals surface area contributed by atoms with Gasteiger partial charge in [-0.05, 0) is 42.7 Å². The Labute approximate surface area is 177 Å². The molecular weight excluding hydrogens is 384 g/mol. The maximum Gasteiger partial charge on any atom is 0.251 e. The number of nitrogens with one attached hydrogen (secondary N) is 2. The first-order valence-electron chi connectivity index (χ1n) is 9.74. The molecule has 2 rings (SSSR count). The van der Waals surface area contributed by atoms with E-state index in [0.717, 1.165) is 11.1 Å². The van der Waals surface area contributed by atoms with Crippen molar-refractivity contribution in [3.8, 4) is 17.2 Å². The van der Waals surface area contributed by atoms with Crippen LogP contribution in [0.3, 0.4) is 0 Å². The first kappa shape index (κ1) is 23.1. The van der Waals surface area contributed by atoms with Gasteiger partial charge in [0.2, 0.25) is 11.7 Å². The highest BCUT2D eigenvalue weighted by Gasteiger charge is 2.25. The van der Waals surface area contributed by atoms with Crippen LogP contribution in [0.25, 0.3) is 0 Å². The molecule has 0 radical (unpaired) electrons. The van der Waals surface area contributed by atoms with Gasteiger partial charge in [-0.15, -0.1) is 0 Å². The molecule has 162 valence electrons. The minimum atomic E-state index is -0.667. The summed E-state index contributed by atoms with van der Waals surface area (Å²) in [6.45, 7) is 5.94. The summed E-state index contributed by atoms with van der Waals surface area (Å²) in [6, 6.07) is 10.1. The summed E-state index contributed by atoms with van der Waals surface area (Å²) in [5, 5.41) is 5.72. The van der Waals surface area contributed by atoms with Gasteiger partial charge in [0.05, 0.1) is 21.3 Å². The number of benzene rings is 2. The van der Waals surface area contributed by atoms with Crippen LogP contribution in [0.2, 0.25) is 0 Å². The molecule has 0 heterocycles. The lowest BCUT2D eigenvalue weighted by Gasteiger charge is -2.22. The molecule has 0 fully saturated rings. The second-order valence-corrected chi connectivity index (χ2v) is 7.32. The molecule has 30 heavy (non-hydrogen) atoms. The minimum absolute atomic E-state index is 0.0845. The number of methoxy groups -OCH3 is 3. The van der Waals surface area contributed by atoms with Gasteiger partial charge < -0.3 is 24.8 Å². The number of carbonyl (C=O) groups is 2. The molecule has 1 atom stereocenters. The van der Waals surface area contributed by atoms with Gasteiger partial charge in [0.25, 0.3) is 5.91 Å². The Hall–Kier alpha value is -3.22. The van der Waals surface area contributed by atoms with E-state index in [-0.39, 0.29) is 24.3 Å². The topological polar surface area (TPSA) is 85.9 Å². The van der Waals surface area contributed by atoms with E-state index in [1.807, 2.05) is 32.9 Å². The van der Waals surface area contributed by atoms with Gasteiger partial charge in [0.15, 0.2) is 11.5 Å². The van der Waals surface area contributed by atoms with Crippen LogP contribution >= 0.6 is 0 Å². The molecule has 2 amide bonds. The Morgan fingerprint density at radius 3 is 2.10 bits per heavy atom. The zero-order chi connectivity index (χ0) is 22.3. The van der Waals surface area contributed by atoms with E-state index in [9.17, 15) is 9.59 Å². The largest absolute Gasteiger partial charge is 0.493 e. The van der Waals surface area contributed by atoms with Crippen LogP contribution in [0.15, 0.2) is 36.4 Å². The Kier molecular flexibility index (Phi) is 8.09. The summed E-state index contributed by atoms with van der Waals surface area (Å²) in [5.74, 6) is 0.878. The van der Waals surface area contributed by atoms with Crippen molar-refractivity contribution in [3.05, 3.63) is 53.1 Å². The molecule has 2 aromatic carbocycles. The first-order chi connectivity index (χ1) is 14.3. The molecule has 2 aromatic rings. The molecule has 0 saturated carbocycles. The maximum absolute atomic E-state index is 12.8. The summed E-state index contributed by atoms with van der Waals surface area (Å²) in [5.41, 5.74) is 2.29. The second-order valence-electron chi connectivity index (χ2n) is 7.32. The highest BCUT2D eigenvalue weighted by atomic mass is 16.5. The highest BCUT2D eigenvalue weighted by molar-refractivity contribution is 5.97. The average Bonchev–Trinajstić information content (AvgIpc) is 2.74. The van der Waals surface area contributed by atoms with E-state index in [1.54, 1.807) is 24.3 Å². The summed E-state index contributed by atoms with van der Waals surface area (Å²) in [6.07, 6.45) is 0. The van der Waals surface area contributed by atoms with Crippen LogP contribution in [0.1, 0.15) is 35.3 Å². The van der Waals surface area contributed by atoms with Gasteiger partial charge in [-0.25, -0.2) is 0 Å². The van der Waals surface area contributed by atoms with Gasteiger partial charge in [-0.2, -0.15) is 0 Å². The van der Waals surface area contributed by atoms with E-state index in [0.29, 0.717) is 22.8 Å². The highest BCUT2D eigenvalue weighted by Crippen LogP contribution is 2.38. The lowest BCUT2D eigenvalue weighted by atomic mass is 10.0. The Balaban J connectivity index is 2.11. The van der Waals surface area contributed by atoms with Crippen molar-refractivity contribution in [2.75, 3.05) is 21.3 Å². The zero-order valence-electron chi connectivity index (χ0n) is 18.4. The standard InChI is InChI=1S/C23H30N2O5/c1-14(2)20(25-22(26)17-9-7-8-15(3)10-17)23(27)24-13-16-11-18(28-4)21(30-6)19(12-16)29-5/h7-12,14,20H,13H2,1-6H3,(H,24,27)(H,25,26)/t20-/m0/s1. The molecule has 2 N–H and O–H groups in total. The van der Waals surface area contributed by atoms with Crippen LogP contribution in [-0.4, -0.2) is 39.2 Å². The molecule has 7 heteroatoms. The number of rotatable bonds is 9. The number of amides is 2. The molecule has 0 unspecified atom stereocenters. The van der Waals surface area contributed by atoms with Crippen molar-refractivity contribution >= 4 is 11.8 Å². The van der Waals surface area contributed by atoms with Gasteiger partial charge in [0.1, 0.15) is 6.04 Å². The lowest BCUT2D eigenvalue weighted by Crippen LogP contribution is -2.49. The molecule has 0 spiro atoms. The third kappa shape index (κ3) is 5.65. The van der Waals surface area contributed by atoms with Gasteiger partial charge >= 0.3 is 0 Å². The smallest absolute Gasteiger partial charge is 0.251 e. The quantitative estimate of drug-likeness (QED) is 0.659. The fraction of sp³-hybridized carbons (Fsp3) is 0.391. The number of carbonyl (C=O) groups excluding carboxylic acids is 2. The third-order valence-corrected chi connectivity index (χ3v) is 4.71. The van der Waals surface area contributed by atoms with Gasteiger partial charge in [-0.1, -0.05) is 31.5 Å². The fourth-order valence-corrected chi connectivity index (χ4v) is 3.08. The zero-order valence-corrected chi connectivity index (χ0v) is 18.4. The monoisotopic (exact) mass is 414 g/mol. The Bertz CT molecular complexity index is 870. The lowest BCUT2D eigenvalue weighted by molar-refractivity contribution is -0.124. The Morgan fingerprint density at radius 2 is 1.60 bits per heavy atom. The summed E-state index contributed by atoms with van der Waals surface area (Å²) in [4.78, 5) is 25.4. The van der Waals surface area contributed by atoms with E-state index in [4.69, 9.17) is 14.2 Å². The van der Waals surface area contributed by atoms with E-state index in [1.165, 1.54) is 21.3 Å². The summed E-state index contributed by atoms with van der Waals surface area (Å²) >= 11 is 0. The van der Waals surface area contributed by atoms with E-state index in [2.05, 4.69) is 10.6 Å². The van der Waals surface area contributed by atoms with Gasteiger partial charge in [-0.3, -0.25) is 9.59 Å². The van der Waals surface area contributed by atoms with Crippen molar-refractivity contribution in [3.63, 3.8) is 0 Å². The molecule has 0 aliphatic heterocycles. The van der Waals surface area contributed by atoms with Crippen LogP contribution in [0.4, 0.5) is 0 Å².